The minimum Gasteiger partial charge on any atom is -0.480 e. The van der Waals surface area contributed by atoms with Crippen molar-refractivity contribution >= 4 is 11.9 Å². The molecule has 104 valence electrons. The summed E-state index contributed by atoms with van der Waals surface area (Å²) in [5.74, 6) is -1.26. The van der Waals surface area contributed by atoms with E-state index >= 15 is 0 Å². The number of carbonyl (C=O) groups is 2. The van der Waals surface area contributed by atoms with Gasteiger partial charge in [-0.25, -0.2) is 4.79 Å². The zero-order chi connectivity index (χ0) is 14.2. The zero-order valence-corrected chi connectivity index (χ0v) is 11.5. The maximum atomic E-state index is 12.4. The average molecular weight is 265 g/mol. The Morgan fingerprint density at radius 3 is 2.68 bits per heavy atom. The van der Waals surface area contributed by atoms with Crippen molar-refractivity contribution in [2.45, 2.75) is 45.2 Å². The first-order valence-electron chi connectivity index (χ1n) is 6.47. The largest absolute Gasteiger partial charge is 0.480 e. The number of likely N-dealkylation sites (tertiary alicyclic amines) is 1. The van der Waals surface area contributed by atoms with Crippen molar-refractivity contribution in [2.75, 3.05) is 6.54 Å². The number of carbonyl (C=O) groups excluding carboxylic acids is 1. The Bertz CT molecular complexity index is 509. The third-order valence-corrected chi connectivity index (χ3v) is 3.70. The Hall–Kier alpha value is -1.85. The molecule has 0 aliphatic carbocycles. The SMILES string of the molecule is CC(C)n1ccc(C(=O)N2CCCC2(C)C(=O)O)n1. The summed E-state index contributed by atoms with van der Waals surface area (Å²) in [7, 11) is 0. The molecule has 6 heteroatoms. The van der Waals surface area contributed by atoms with Crippen molar-refractivity contribution in [1.82, 2.24) is 14.7 Å². The molecule has 1 aromatic heterocycles. The van der Waals surface area contributed by atoms with Crippen LogP contribution in [0.15, 0.2) is 12.3 Å². The Balaban J connectivity index is 2.25. The summed E-state index contributed by atoms with van der Waals surface area (Å²) < 4.78 is 1.70. The van der Waals surface area contributed by atoms with E-state index in [2.05, 4.69) is 5.10 Å². The summed E-state index contributed by atoms with van der Waals surface area (Å²) in [6, 6.07) is 1.81. The van der Waals surface area contributed by atoms with Gasteiger partial charge in [0.1, 0.15) is 11.2 Å². The Morgan fingerprint density at radius 2 is 2.16 bits per heavy atom. The number of nitrogens with zero attached hydrogens (tertiary/aromatic N) is 3. The summed E-state index contributed by atoms with van der Waals surface area (Å²) in [5.41, 5.74) is -0.804. The van der Waals surface area contributed by atoms with Crippen LogP contribution in [0.3, 0.4) is 0 Å². The quantitative estimate of drug-likeness (QED) is 0.899. The van der Waals surface area contributed by atoms with Crippen LogP contribution in [0.25, 0.3) is 0 Å². The lowest BCUT2D eigenvalue weighted by Crippen LogP contribution is -2.50. The van der Waals surface area contributed by atoms with Crippen LogP contribution in [0.1, 0.15) is 50.1 Å². The molecule has 2 heterocycles. The zero-order valence-electron chi connectivity index (χ0n) is 11.5. The van der Waals surface area contributed by atoms with E-state index in [-0.39, 0.29) is 11.9 Å². The molecule has 0 saturated carbocycles. The highest BCUT2D eigenvalue weighted by molar-refractivity contribution is 5.96. The molecule has 1 aromatic rings. The molecule has 0 bridgehead atoms. The monoisotopic (exact) mass is 265 g/mol. The lowest BCUT2D eigenvalue weighted by Gasteiger charge is -2.30. The fraction of sp³-hybridized carbons (Fsp3) is 0.615. The minimum absolute atomic E-state index is 0.172. The first-order chi connectivity index (χ1) is 8.86. The van der Waals surface area contributed by atoms with Gasteiger partial charge in [-0.2, -0.15) is 5.10 Å². The molecule has 1 aliphatic heterocycles. The highest BCUT2D eigenvalue weighted by Gasteiger charge is 2.46. The lowest BCUT2D eigenvalue weighted by atomic mass is 9.99. The van der Waals surface area contributed by atoms with Gasteiger partial charge in [0.15, 0.2) is 0 Å². The van der Waals surface area contributed by atoms with Crippen LogP contribution < -0.4 is 0 Å². The maximum absolute atomic E-state index is 12.4. The molecular weight excluding hydrogens is 246 g/mol. The first-order valence-corrected chi connectivity index (χ1v) is 6.47. The number of aromatic nitrogens is 2. The number of rotatable bonds is 3. The predicted molar refractivity (Wildman–Crippen MR) is 68.9 cm³/mol. The van der Waals surface area contributed by atoms with Crippen molar-refractivity contribution in [1.29, 1.82) is 0 Å². The van der Waals surface area contributed by atoms with Gasteiger partial charge in [-0.15, -0.1) is 0 Å². The molecule has 0 spiro atoms. The van der Waals surface area contributed by atoms with E-state index in [1.807, 2.05) is 13.8 Å². The van der Waals surface area contributed by atoms with E-state index < -0.39 is 11.5 Å². The molecule has 1 saturated heterocycles. The molecule has 1 aliphatic rings. The van der Waals surface area contributed by atoms with E-state index in [1.54, 1.807) is 23.9 Å². The molecule has 0 aromatic carbocycles. The highest BCUT2D eigenvalue weighted by atomic mass is 16.4. The van der Waals surface area contributed by atoms with Crippen molar-refractivity contribution in [3.8, 4) is 0 Å². The summed E-state index contributed by atoms with van der Waals surface area (Å²) >= 11 is 0. The van der Waals surface area contributed by atoms with Gasteiger partial charge in [-0.3, -0.25) is 9.48 Å². The molecule has 6 nitrogen and oxygen atoms in total. The second kappa shape index (κ2) is 4.68. The second-order valence-corrected chi connectivity index (χ2v) is 5.41. The molecule has 2 rings (SSSR count). The van der Waals surface area contributed by atoms with Crippen LogP contribution in [0.5, 0.6) is 0 Å². The highest BCUT2D eigenvalue weighted by Crippen LogP contribution is 2.30. The molecule has 19 heavy (non-hydrogen) atoms. The van der Waals surface area contributed by atoms with E-state index in [4.69, 9.17) is 0 Å². The van der Waals surface area contributed by atoms with E-state index in [9.17, 15) is 14.7 Å². The average Bonchev–Trinajstić information content (AvgIpc) is 2.95. The van der Waals surface area contributed by atoms with E-state index in [0.717, 1.165) is 0 Å². The number of carboxylic acid groups (broad SMARTS) is 1. The Morgan fingerprint density at radius 1 is 1.47 bits per heavy atom. The van der Waals surface area contributed by atoms with Crippen molar-refractivity contribution < 1.29 is 14.7 Å². The van der Waals surface area contributed by atoms with Gasteiger partial charge in [-0.05, 0) is 39.7 Å². The molecule has 0 radical (unpaired) electrons. The second-order valence-electron chi connectivity index (χ2n) is 5.41. The molecule has 1 atom stereocenters. The van der Waals surface area contributed by atoms with E-state index in [0.29, 0.717) is 25.1 Å². The Labute approximate surface area is 112 Å². The fourth-order valence-corrected chi connectivity index (χ4v) is 2.39. The van der Waals surface area contributed by atoms with Crippen molar-refractivity contribution in [2.24, 2.45) is 0 Å². The maximum Gasteiger partial charge on any atom is 0.329 e. The van der Waals surface area contributed by atoms with Gasteiger partial charge in [0.2, 0.25) is 0 Å². The number of aliphatic carboxylic acids is 1. The number of hydrogen-bond donors (Lipinski definition) is 1. The molecule has 1 fully saturated rings. The van der Waals surface area contributed by atoms with Gasteiger partial charge in [0, 0.05) is 18.8 Å². The van der Waals surface area contributed by atoms with Gasteiger partial charge in [0.05, 0.1) is 0 Å². The summed E-state index contributed by atoms with van der Waals surface area (Å²) in [4.78, 5) is 25.2. The topological polar surface area (TPSA) is 75.4 Å². The smallest absolute Gasteiger partial charge is 0.329 e. The van der Waals surface area contributed by atoms with Crippen LogP contribution in [-0.4, -0.2) is 43.7 Å². The first kappa shape index (κ1) is 13.6. The lowest BCUT2D eigenvalue weighted by molar-refractivity contribution is -0.147. The predicted octanol–water partition coefficient (Wildman–Crippen LogP) is 1.54. The summed E-state index contributed by atoms with van der Waals surface area (Å²) in [5, 5.41) is 13.5. The standard InChI is InChI=1S/C13H19N3O3/c1-9(2)16-8-5-10(14-16)11(17)15-7-4-6-13(15,3)12(18)19/h5,8-9H,4,6-7H2,1-3H3,(H,18,19). The van der Waals surface area contributed by atoms with Crippen molar-refractivity contribution in [3.05, 3.63) is 18.0 Å². The Kier molecular flexibility index (Phi) is 3.34. The number of carboxylic acids is 1. The van der Waals surface area contributed by atoms with Crippen LogP contribution in [-0.2, 0) is 4.79 Å². The van der Waals surface area contributed by atoms with Crippen LogP contribution in [0, 0.1) is 0 Å². The van der Waals surface area contributed by atoms with E-state index in [1.165, 1.54) is 4.90 Å². The summed E-state index contributed by atoms with van der Waals surface area (Å²) in [6.45, 7) is 6.01. The van der Waals surface area contributed by atoms with Gasteiger partial charge >= 0.3 is 5.97 Å². The van der Waals surface area contributed by atoms with Gasteiger partial charge < -0.3 is 10.0 Å². The normalized spacial score (nSPS) is 23.1. The fourth-order valence-electron chi connectivity index (χ4n) is 2.39. The molecule has 1 amide bonds. The molecule has 1 N–H and O–H groups in total. The minimum atomic E-state index is -1.11. The third-order valence-electron chi connectivity index (χ3n) is 3.70. The van der Waals surface area contributed by atoms with Crippen LogP contribution >= 0.6 is 0 Å². The number of hydrogen-bond acceptors (Lipinski definition) is 3. The van der Waals surface area contributed by atoms with Gasteiger partial charge in [0.25, 0.3) is 5.91 Å². The van der Waals surface area contributed by atoms with Gasteiger partial charge in [-0.1, -0.05) is 0 Å². The molecular formula is C13H19N3O3. The van der Waals surface area contributed by atoms with Crippen molar-refractivity contribution in [3.63, 3.8) is 0 Å². The van der Waals surface area contributed by atoms with Crippen LogP contribution in [0.4, 0.5) is 0 Å². The third kappa shape index (κ3) is 2.22. The summed E-state index contributed by atoms with van der Waals surface area (Å²) in [6.07, 6.45) is 2.93. The molecule has 1 unspecified atom stereocenters. The number of amides is 1. The van der Waals surface area contributed by atoms with Crippen LogP contribution in [0.2, 0.25) is 0 Å².